The molecule has 0 amide bonds. The topological polar surface area (TPSA) is 70.4 Å². The van der Waals surface area contributed by atoms with Crippen LogP contribution in [0.25, 0.3) is 0 Å². The maximum absolute atomic E-state index is 10.2. The number of rotatable bonds is 3. The quantitative estimate of drug-likeness (QED) is 0.698. The fourth-order valence-electron chi connectivity index (χ4n) is 0.862. The molecule has 1 rings (SSSR count). The van der Waals surface area contributed by atoms with Gasteiger partial charge in [0.15, 0.2) is 0 Å². The standard InChI is InChI=1S/C8H9NO3/c10-7-3-6(4-9-5-7)1-2-8(11)12/h3-5,10H,1-2H2,(H,11,12). The summed E-state index contributed by atoms with van der Waals surface area (Å²) in [5.41, 5.74) is 0.734. The normalized spacial score (nSPS) is 9.67. The highest BCUT2D eigenvalue weighted by Gasteiger charge is 1.99. The van der Waals surface area contributed by atoms with Crippen LogP contribution >= 0.6 is 0 Å². The van der Waals surface area contributed by atoms with Crippen molar-refractivity contribution in [3.63, 3.8) is 0 Å². The number of aromatic hydroxyl groups is 1. The first kappa shape index (κ1) is 8.52. The van der Waals surface area contributed by atoms with Crippen LogP contribution in [0.3, 0.4) is 0 Å². The molecular weight excluding hydrogens is 158 g/mol. The molecular formula is C8H9NO3. The fourth-order valence-corrected chi connectivity index (χ4v) is 0.862. The molecule has 2 N–H and O–H groups in total. The number of hydrogen-bond acceptors (Lipinski definition) is 3. The highest BCUT2D eigenvalue weighted by molar-refractivity contribution is 5.67. The molecule has 0 aliphatic carbocycles. The number of hydrogen-bond donors (Lipinski definition) is 2. The Morgan fingerprint density at radius 3 is 2.83 bits per heavy atom. The number of carbonyl (C=O) groups is 1. The van der Waals surface area contributed by atoms with Crippen molar-refractivity contribution in [1.29, 1.82) is 0 Å². The number of aryl methyl sites for hydroxylation is 1. The molecule has 0 fully saturated rings. The first-order valence-corrected chi connectivity index (χ1v) is 3.53. The third kappa shape index (κ3) is 2.57. The van der Waals surface area contributed by atoms with E-state index in [-0.39, 0.29) is 12.2 Å². The van der Waals surface area contributed by atoms with E-state index in [2.05, 4.69) is 4.98 Å². The van der Waals surface area contributed by atoms with Gasteiger partial charge in [-0.1, -0.05) is 0 Å². The molecule has 1 aromatic rings. The Morgan fingerprint density at radius 1 is 1.50 bits per heavy atom. The van der Waals surface area contributed by atoms with Crippen LogP contribution in [-0.2, 0) is 11.2 Å². The summed E-state index contributed by atoms with van der Waals surface area (Å²) in [6.07, 6.45) is 3.31. The van der Waals surface area contributed by atoms with Gasteiger partial charge in [0.1, 0.15) is 5.75 Å². The van der Waals surface area contributed by atoms with Gasteiger partial charge in [0.2, 0.25) is 0 Å². The van der Waals surface area contributed by atoms with E-state index >= 15 is 0 Å². The molecule has 4 nitrogen and oxygen atoms in total. The molecule has 0 saturated heterocycles. The van der Waals surface area contributed by atoms with E-state index in [1.54, 1.807) is 6.20 Å². The van der Waals surface area contributed by atoms with Gasteiger partial charge in [-0.2, -0.15) is 0 Å². The summed E-state index contributed by atoms with van der Waals surface area (Å²) in [5, 5.41) is 17.3. The van der Waals surface area contributed by atoms with Crippen molar-refractivity contribution in [2.24, 2.45) is 0 Å². The van der Waals surface area contributed by atoms with E-state index in [0.717, 1.165) is 5.56 Å². The van der Waals surface area contributed by atoms with E-state index in [0.29, 0.717) is 6.42 Å². The summed E-state index contributed by atoms with van der Waals surface area (Å²) in [7, 11) is 0. The molecule has 0 aromatic carbocycles. The summed E-state index contributed by atoms with van der Waals surface area (Å²) in [5.74, 6) is -0.781. The maximum Gasteiger partial charge on any atom is 0.303 e. The molecule has 0 spiro atoms. The fraction of sp³-hybridized carbons (Fsp3) is 0.250. The summed E-state index contributed by atoms with van der Waals surface area (Å²) >= 11 is 0. The first-order valence-electron chi connectivity index (χ1n) is 3.53. The van der Waals surface area contributed by atoms with Crippen LogP contribution in [0.5, 0.6) is 5.75 Å². The lowest BCUT2D eigenvalue weighted by molar-refractivity contribution is -0.136. The predicted octanol–water partition coefficient (Wildman–Crippen LogP) is 0.804. The highest BCUT2D eigenvalue weighted by atomic mass is 16.4. The van der Waals surface area contributed by atoms with Crippen molar-refractivity contribution >= 4 is 5.97 Å². The monoisotopic (exact) mass is 167 g/mol. The summed E-state index contributed by atoms with van der Waals surface area (Å²) < 4.78 is 0. The van der Waals surface area contributed by atoms with Crippen molar-refractivity contribution in [2.75, 3.05) is 0 Å². The third-order valence-electron chi connectivity index (χ3n) is 1.41. The predicted molar refractivity (Wildman–Crippen MR) is 41.9 cm³/mol. The Morgan fingerprint density at radius 2 is 2.25 bits per heavy atom. The number of pyridine rings is 1. The zero-order valence-corrected chi connectivity index (χ0v) is 6.40. The van der Waals surface area contributed by atoms with Gasteiger partial charge in [-0.3, -0.25) is 9.78 Å². The van der Waals surface area contributed by atoms with Crippen LogP contribution in [0.2, 0.25) is 0 Å². The van der Waals surface area contributed by atoms with Gasteiger partial charge in [-0.25, -0.2) is 0 Å². The molecule has 0 unspecified atom stereocenters. The van der Waals surface area contributed by atoms with E-state index in [1.165, 1.54) is 12.3 Å². The van der Waals surface area contributed by atoms with Crippen molar-refractivity contribution in [3.8, 4) is 5.75 Å². The number of nitrogens with zero attached hydrogens (tertiary/aromatic N) is 1. The second-order valence-corrected chi connectivity index (χ2v) is 2.45. The van der Waals surface area contributed by atoms with Gasteiger partial charge in [-0.15, -0.1) is 0 Å². The average Bonchev–Trinajstić information content (AvgIpc) is 2.01. The highest BCUT2D eigenvalue weighted by Crippen LogP contribution is 2.09. The lowest BCUT2D eigenvalue weighted by Crippen LogP contribution is -1.97. The second kappa shape index (κ2) is 3.71. The number of carboxylic acid groups (broad SMARTS) is 1. The minimum Gasteiger partial charge on any atom is -0.506 e. The van der Waals surface area contributed by atoms with Crippen LogP contribution in [-0.4, -0.2) is 21.2 Å². The minimum absolute atomic E-state index is 0.0606. The molecule has 0 atom stereocenters. The smallest absolute Gasteiger partial charge is 0.303 e. The lowest BCUT2D eigenvalue weighted by Gasteiger charge is -1.97. The van der Waals surface area contributed by atoms with Crippen molar-refractivity contribution < 1.29 is 15.0 Å². The van der Waals surface area contributed by atoms with Crippen molar-refractivity contribution in [3.05, 3.63) is 24.0 Å². The Labute approximate surface area is 69.5 Å². The average molecular weight is 167 g/mol. The van der Waals surface area contributed by atoms with Gasteiger partial charge < -0.3 is 10.2 Å². The number of carboxylic acids is 1. The van der Waals surface area contributed by atoms with Crippen LogP contribution in [0.15, 0.2) is 18.5 Å². The first-order chi connectivity index (χ1) is 5.68. The zero-order valence-electron chi connectivity index (χ0n) is 6.40. The number of aliphatic carboxylic acids is 1. The molecule has 0 radical (unpaired) electrons. The molecule has 4 heteroatoms. The SMILES string of the molecule is O=C(O)CCc1cncc(O)c1. The maximum atomic E-state index is 10.2. The van der Waals surface area contributed by atoms with E-state index in [9.17, 15) is 4.79 Å². The third-order valence-corrected chi connectivity index (χ3v) is 1.41. The van der Waals surface area contributed by atoms with Crippen molar-refractivity contribution in [2.45, 2.75) is 12.8 Å². The van der Waals surface area contributed by atoms with Gasteiger partial charge in [-0.05, 0) is 18.1 Å². The Balaban J connectivity index is 2.57. The van der Waals surface area contributed by atoms with Crippen LogP contribution < -0.4 is 0 Å². The van der Waals surface area contributed by atoms with E-state index in [4.69, 9.17) is 10.2 Å². The lowest BCUT2D eigenvalue weighted by atomic mass is 10.1. The van der Waals surface area contributed by atoms with Gasteiger partial charge in [0.05, 0.1) is 6.20 Å². The molecule has 1 aromatic heterocycles. The Bertz CT molecular complexity index is 285. The second-order valence-electron chi connectivity index (χ2n) is 2.45. The van der Waals surface area contributed by atoms with Gasteiger partial charge in [0.25, 0.3) is 0 Å². The van der Waals surface area contributed by atoms with Crippen LogP contribution in [0, 0.1) is 0 Å². The zero-order chi connectivity index (χ0) is 8.97. The molecule has 0 aliphatic heterocycles. The molecule has 0 bridgehead atoms. The van der Waals surface area contributed by atoms with Gasteiger partial charge in [0, 0.05) is 12.6 Å². The molecule has 1 heterocycles. The molecule has 64 valence electrons. The summed E-state index contributed by atoms with van der Waals surface area (Å²) in [4.78, 5) is 13.9. The van der Waals surface area contributed by atoms with E-state index in [1.807, 2.05) is 0 Å². The summed E-state index contributed by atoms with van der Waals surface area (Å²) in [6.45, 7) is 0. The Kier molecular flexibility index (Phi) is 2.63. The Hall–Kier alpha value is -1.58. The van der Waals surface area contributed by atoms with Crippen molar-refractivity contribution in [1.82, 2.24) is 4.98 Å². The van der Waals surface area contributed by atoms with Gasteiger partial charge >= 0.3 is 5.97 Å². The van der Waals surface area contributed by atoms with Crippen LogP contribution in [0.4, 0.5) is 0 Å². The number of aromatic nitrogens is 1. The largest absolute Gasteiger partial charge is 0.506 e. The van der Waals surface area contributed by atoms with Crippen LogP contribution in [0.1, 0.15) is 12.0 Å². The van der Waals surface area contributed by atoms with E-state index < -0.39 is 5.97 Å². The molecule has 12 heavy (non-hydrogen) atoms. The summed E-state index contributed by atoms with van der Waals surface area (Å²) in [6, 6.07) is 1.51. The molecule has 0 aliphatic rings. The molecule has 0 saturated carbocycles. The minimum atomic E-state index is -0.849.